The molecule has 114 valence electrons. The highest BCUT2D eigenvalue weighted by atomic mass is 16.7. The molecule has 0 amide bonds. The number of ether oxygens (including phenoxy) is 2. The second-order valence-corrected chi connectivity index (χ2v) is 4.54. The molecule has 0 aromatic heterocycles. The molecule has 0 aliphatic heterocycles. The third-order valence-corrected chi connectivity index (χ3v) is 3.26. The summed E-state index contributed by atoms with van der Waals surface area (Å²) in [6.45, 7) is 0. The molecule has 7 heteroatoms. The second-order valence-electron chi connectivity index (χ2n) is 4.54. The first-order valence-electron chi connectivity index (χ1n) is 6.49. The van der Waals surface area contributed by atoms with Crippen molar-refractivity contribution < 1.29 is 19.4 Å². The Hall–Kier alpha value is -2.08. The van der Waals surface area contributed by atoms with Gasteiger partial charge in [0, 0.05) is 25.6 Å². The van der Waals surface area contributed by atoms with Crippen LogP contribution < -0.4 is 0 Å². The van der Waals surface area contributed by atoms with Gasteiger partial charge in [-0.05, 0) is 23.4 Å². The van der Waals surface area contributed by atoms with Gasteiger partial charge in [0.05, 0.1) is 0 Å². The third kappa shape index (κ3) is 5.43. The van der Waals surface area contributed by atoms with E-state index >= 15 is 0 Å². The normalized spacial score (nSPS) is 13.5. The van der Waals surface area contributed by atoms with Gasteiger partial charge in [0.15, 0.2) is 6.29 Å². The summed E-state index contributed by atoms with van der Waals surface area (Å²) >= 11 is 0. The van der Waals surface area contributed by atoms with Crippen molar-refractivity contribution in [1.29, 1.82) is 0 Å². The second kappa shape index (κ2) is 8.97. The van der Waals surface area contributed by atoms with Crippen molar-refractivity contribution in [1.82, 2.24) is 0 Å². The maximum absolute atomic E-state index is 11.2. The van der Waals surface area contributed by atoms with Gasteiger partial charge >= 0.3 is 5.97 Å². The molecule has 0 aliphatic rings. The number of aliphatic carboxylic acids is 1. The zero-order valence-corrected chi connectivity index (χ0v) is 12.0. The van der Waals surface area contributed by atoms with E-state index in [1.54, 1.807) is 0 Å². The van der Waals surface area contributed by atoms with Gasteiger partial charge in [0.25, 0.3) is 0 Å². The zero-order chi connectivity index (χ0) is 15.7. The predicted octanol–water partition coefficient (Wildman–Crippen LogP) is 2.93. The molecule has 21 heavy (non-hydrogen) atoms. The van der Waals surface area contributed by atoms with Gasteiger partial charge in [0.2, 0.25) is 0 Å². The summed E-state index contributed by atoms with van der Waals surface area (Å²) < 4.78 is 10.4. The highest BCUT2D eigenvalue weighted by Crippen LogP contribution is 2.28. The van der Waals surface area contributed by atoms with Crippen LogP contribution in [0, 0.1) is 0 Å². The average molecular weight is 293 g/mol. The van der Waals surface area contributed by atoms with Gasteiger partial charge in [-0.3, -0.25) is 4.79 Å². The van der Waals surface area contributed by atoms with E-state index in [0.29, 0.717) is 6.42 Å². The van der Waals surface area contributed by atoms with Crippen LogP contribution in [0.2, 0.25) is 0 Å². The highest BCUT2D eigenvalue weighted by molar-refractivity contribution is 5.73. The molecule has 1 rings (SSSR count). The van der Waals surface area contributed by atoms with Crippen LogP contribution in [-0.4, -0.2) is 37.6 Å². The SMILES string of the molecule is COC(CC(CC(N=[N+]=[N-])C(=O)O)c1ccccc1)OC. The minimum absolute atomic E-state index is 0.150. The maximum Gasteiger partial charge on any atom is 0.312 e. The molecule has 0 radical (unpaired) electrons. The number of azide groups is 1. The summed E-state index contributed by atoms with van der Waals surface area (Å²) in [6.07, 6.45) is 0.213. The first kappa shape index (κ1) is 17.0. The number of methoxy groups -OCH3 is 2. The van der Waals surface area contributed by atoms with Gasteiger partial charge in [-0.25, -0.2) is 0 Å². The van der Waals surface area contributed by atoms with Crippen molar-refractivity contribution in [3.05, 3.63) is 46.3 Å². The number of nitrogens with zero attached hydrogens (tertiary/aromatic N) is 3. The number of carboxylic acid groups (broad SMARTS) is 1. The zero-order valence-electron chi connectivity index (χ0n) is 12.0. The fraction of sp³-hybridized carbons (Fsp3) is 0.500. The molecular formula is C14H19N3O4. The highest BCUT2D eigenvalue weighted by Gasteiger charge is 2.25. The maximum atomic E-state index is 11.2. The lowest BCUT2D eigenvalue weighted by atomic mass is 9.89. The summed E-state index contributed by atoms with van der Waals surface area (Å²) in [4.78, 5) is 13.8. The molecule has 0 bridgehead atoms. The molecule has 0 aliphatic carbocycles. The van der Waals surface area contributed by atoms with Crippen molar-refractivity contribution in [2.75, 3.05) is 14.2 Å². The van der Waals surface area contributed by atoms with Crippen LogP contribution in [0.3, 0.4) is 0 Å². The van der Waals surface area contributed by atoms with Crippen molar-refractivity contribution in [2.24, 2.45) is 5.11 Å². The number of hydrogen-bond donors (Lipinski definition) is 1. The summed E-state index contributed by atoms with van der Waals surface area (Å²) in [5.74, 6) is -1.29. The molecule has 1 aromatic rings. The minimum atomic E-state index is -1.14. The number of carbonyl (C=O) groups is 1. The smallest absolute Gasteiger partial charge is 0.312 e. The monoisotopic (exact) mass is 293 g/mol. The van der Waals surface area contributed by atoms with Crippen LogP contribution in [0.15, 0.2) is 35.4 Å². The van der Waals surface area contributed by atoms with Crippen LogP contribution in [0.1, 0.15) is 24.3 Å². The van der Waals surface area contributed by atoms with E-state index in [1.807, 2.05) is 30.3 Å². The topological polar surface area (TPSA) is 105 Å². The minimum Gasteiger partial charge on any atom is -0.481 e. The molecule has 0 fully saturated rings. The van der Waals surface area contributed by atoms with E-state index in [4.69, 9.17) is 20.1 Å². The quantitative estimate of drug-likeness (QED) is 0.327. The molecule has 0 saturated carbocycles. The average Bonchev–Trinajstić information content (AvgIpc) is 2.51. The molecule has 1 N–H and O–H groups in total. The Kier molecular flexibility index (Phi) is 7.25. The lowest BCUT2D eigenvalue weighted by Crippen LogP contribution is -2.24. The number of carboxylic acids is 1. The van der Waals surface area contributed by atoms with Crippen molar-refractivity contribution in [3.8, 4) is 0 Å². The lowest BCUT2D eigenvalue weighted by Gasteiger charge is -2.23. The number of benzene rings is 1. The molecule has 7 nitrogen and oxygen atoms in total. The van der Waals surface area contributed by atoms with Gasteiger partial charge in [-0.2, -0.15) is 0 Å². The fourth-order valence-electron chi connectivity index (χ4n) is 2.14. The van der Waals surface area contributed by atoms with Gasteiger partial charge < -0.3 is 14.6 Å². The number of rotatable bonds is 9. The van der Waals surface area contributed by atoms with E-state index in [0.717, 1.165) is 5.56 Å². The standard InChI is InChI=1S/C14H19N3O4/c1-20-13(21-2)9-11(10-6-4-3-5-7-10)8-12(14(18)19)16-17-15/h3-7,11-13H,8-9H2,1-2H3,(H,18,19). The molecular weight excluding hydrogens is 274 g/mol. The Bertz CT molecular complexity index is 482. The summed E-state index contributed by atoms with van der Waals surface area (Å²) in [6, 6.07) is 8.33. The lowest BCUT2D eigenvalue weighted by molar-refractivity contribution is -0.139. The number of hydrogen-bond acceptors (Lipinski definition) is 4. The van der Waals surface area contributed by atoms with E-state index in [9.17, 15) is 4.79 Å². The van der Waals surface area contributed by atoms with Crippen LogP contribution in [0.25, 0.3) is 10.4 Å². The van der Waals surface area contributed by atoms with Crippen molar-refractivity contribution in [3.63, 3.8) is 0 Å². The summed E-state index contributed by atoms with van der Waals surface area (Å²) in [5, 5.41) is 12.5. The first-order chi connectivity index (χ1) is 10.1. The van der Waals surface area contributed by atoms with E-state index < -0.39 is 18.3 Å². The van der Waals surface area contributed by atoms with Crippen LogP contribution in [0.5, 0.6) is 0 Å². The Morgan fingerprint density at radius 1 is 1.29 bits per heavy atom. The van der Waals surface area contributed by atoms with Gasteiger partial charge in [-0.15, -0.1) is 0 Å². The van der Waals surface area contributed by atoms with Crippen molar-refractivity contribution >= 4 is 5.97 Å². The van der Waals surface area contributed by atoms with E-state index in [-0.39, 0.29) is 12.3 Å². The molecule has 1 aromatic carbocycles. The molecule has 2 atom stereocenters. The molecule has 0 spiro atoms. The Labute approximate surface area is 123 Å². The molecule has 0 heterocycles. The van der Waals surface area contributed by atoms with E-state index in [2.05, 4.69) is 10.0 Å². The summed E-state index contributed by atoms with van der Waals surface area (Å²) in [5.41, 5.74) is 9.44. The fourth-order valence-corrected chi connectivity index (χ4v) is 2.14. The Balaban J connectivity index is 2.95. The molecule has 0 saturated heterocycles. The van der Waals surface area contributed by atoms with Gasteiger partial charge in [0.1, 0.15) is 6.04 Å². The first-order valence-corrected chi connectivity index (χ1v) is 6.49. The van der Waals surface area contributed by atoms with Crippen molar-refractivity contribution in [2.45, 2.75) is 31.1 Å². The van der Waals surface area contributed by atoms with Crippen LogP contribution >= 0.6 is 0 Å². The Morgan fingerprint density at radius 3 is 2.38 bits per heavy atom. The summed E-state index contributed by atoms with van der Waals surface area (Å²) in [7, 11) is 3.05. The van der Waals surface area contributed by atoms with Crippen LogP contribution in [0.4, 0.5) is 0 Å². The largest absolute Gasteiger partial charge is 0.481 e. The van der Waals surface area contributed by atoms with Gasteiger partial charge in [-0.1, -0.05) is 35.4 Å². The molecule has 2 unspecified atom stereocenters. The predicted molar refractivity (Wildman–Crippen MR) is 76.8 cm³/mol. The Morgan fingerprint density at radius 2 is 1.90 bits per heavy atom. The van der Waals surface area contributed by atoms with Crippen LogP contribution in [-0.2, 0) is 14.3 Å². The van der Waals surface area contributed by atoms with E-state index in [1.165, 1.54) is 14.2 Å². The third-order valence-electron chi connectivity index (χ3n) is 3.26.